The first-order chi connectivity index (χ1) is 8.58. The van der Waals surface area contributed by atoms with Gasteiger partial charge in [-0.05, 0) is 45.1 Å². The molecule has 1 aliphatic heterocycles. The largest absolute Gasteiger partial charge is 0.508 e. The molecule has 0 saturated carbocycles. The lowest BCUT2D eigenvalue weighted by molar-refractivity contribution is 0.213. The van der Waals surface area contributed by atoms with E-state index in [2.05, 4.69) is 23.8 Å². The predicted octanol–water partition coefficient (Wildman–Crippen LogP) is 2.74. The highest BCUT2D eigenvalue weighted by Crippen LogP contribution is 2.31. The molecule has 0 amide bonds. The maximum absolute atomic E-state index is 9.96. The van der Waals surface area contributed by atoms with E-state index in [0.717, 1.165) is 31.7 Å². The van der Waals surface area contributed by atoms with Crippen LogP contribution in [-0.4, -0.2) is 48.1 Å². The first-order valence-electron chi connectivity index (χ1n) is 6.49. The van der Waals surface area contributed by atoms with Crippen molar-refractivity contribution < 1.29 is 5.11 Å². The van der Waals surface area contributed by atoms with Crippen LogP contribution in [0.2, 0.25) is 5.02 Å². The Morgan fingerprint density at radius 1 is 1.22 bits per heavy atom. The minimum absolute atomic E-state index is 0.204. The molecule has 1 saturated heterocycles. The average molecular weight is 269 g/mol. The molecule has 1 atom stereocenters. The van der Waals surface area contributed by atoms with Gasteiger partial charge in [0.1, 0.15) is 5.75 Å². The lowest BCUT2D eigenvalue weighted by atomic mass is 10.1. The summed E-state index contributed by atoms with van der Waals surface area (Å²) in [5, 5.41) is 10.6. The van der Waals surface area contributed by atoms with E-state index in [9.17, 15) is 5.11 Å². The van der Waals surface area contributed by atoms with Gasteiger partial charge in [-0.2, -0.15) is 0 Å². The number of benzene rings is 1. The van der Waals surface area contributed by atoms with Crippen molar-refractivity contribution in [3.05, 3.63) is 28.8 Å². The van der Waals surface area contributed by atoms with E-state index in [0.29, 0.717) is 10.8 Å². The minimum Gasteiger partial charge on any atom is -0.508 e. The third kappa shape index (κ3) is 3.16. The highest BCUT2D eigenvalue weighted by atomic mass is 35.5. The van der Waals surface area contributed by atoms with Crippen LogP contribution < -0.4 is 0 Å². The molecule has 0 spiro atoms. The fourth-order valence-electron chi connectivity index (χ4n) is 2.51. The molecular weight excluding hydrogens is 248 g/mol. The third-order valence-electron chi connectivity index (χ3n) is 3.74. The van der Waals surface area contributed by atoms with Gasteiger partial charge in [-0.25, -0.2) is 0 Å². The molecule has 1 aliphatic rings. The van der Waals surface area contributed by atoms with Gasteiger partial charge in [-0.3, -0.25) is 4.90 Å². The van der Waals surface area contributed by atoms with Crippen LogP contribution in [0.5, 0.6) is 5.75 Å². The normalized spacial score (nSPS) is 20.6. The number of aromatic hydroxyl groups is 1. The van der Waals surface area contributed by atoms with E-state index < -0.39 is 0 Å². The van der Waals surface area contributed by atoms with Gasteiger partial charge < -0.3 is 10.0 Å². The van der Waals surface area contributed by atoms with Crippen molar-refractivity contribution in [2.24, 2.45) is 0 Å². The summed E-state index contributed by atoms with van der Waals surface area (Å²) in [6.07, 6.45) is 1.17. The molecule has 1 N–H and O–H groups in total. The zero-order chi connectivity index (χ0) is 13.1. The number of phenolic OH excluding ortho intramolecular Hbond substituents is 1. The molecule has 2 rings (SSSR count). The van der Waals surface area contributed by atoms with Crippen LogP contribution >= 0.6 is 11.6 Å². The molecule has 0 aromatic heterocycles. The predicted molar refractivity (Wildman–Crippen MR) is 75.2 cm³/mol. The van der Waals surface area contributed by atoms with E-state index in [4.69, 9.17) is 11.6 Å². The van der Waals surface area contributed by atoms with Crippen molar-refractivity contribution in [1.29, 1.82) is 0 Å². The van der Waals surface area contributed by atoms with Gasteiger partial charge >= 0.3 is 0 Å². The third-order valence-corrected chi connectivity index (χ3v) is 3.98. The van der Waals surface area contributed by atoms with Crippen molar-refractivity contribution in [1.82, 2.24) is 9.80 Å². The zero-order valence-electron chi connectivity index (χ0n) is 11.1. The number of phenols is 1. The number of nitrogens with zero attached hydrogens (tertiary/aromatic N) is 2. The summed E-state index contributed by atoms with van der Waals surface area (Å²) < 4.78 is 0. The molecule has 1 aromatic rings. The molecule has 3 nitrogen and oxygen atoms in total. The van der Waals surface area contributed by atoms with Crippen LogP contribution in [0.4, 0.5) is 0 Å². The van der Waals surface area contributed by atoms with E-state index in [1.165, 1.54) is 6.42 Å². The lowest BCUT2D eigenvalue weighted by Gasteiger charge is -2.28. The standard InChI is InChI=1S/C14H21ClN2O/c1-11(13-10-12(15)4-5-14(13)18)17-7-3-6-16(2)8-9-17/h4-5,10-11,18H,3,6-9H2,1-2H3. The van der Waals surface area contributed by atoms with Crippen molar-refractivity contribution >= 4 is 11.6 Å². The topological polar surface area (TPSA) is 26.7 Å². The molecule has 1 fully saturated rings. The monoisotopic (exact) mass is 268 g/mol. The van der Waals surface area contributed by atoms with E-state index in [1.807, 2.05) is 6.07 Å². The second kappa shape index (κ2) is 5.91. The Balaban J connectivity index is 2.14. The van der Waals surface area contributed by atoms with E-state index in [1.54, 1.807) is 12.1 Å². The number of halogens is 1. The van der Waals surface area contributed by atoms with Gasteiger partial charge in [0.2, 0.25) is 0 Å². The molecule has 18 heavy (non-hydrogen) atoms. The number of likely N-dealkylation sites (N-methyl/N-ethyl adjacent to an activating group) is 1. The van der Waals surface area contributed by atoms with Crippen LogP contribution in [-0.2, 0) is 0 Å². The molecule has 1 aromatic carbocycles. The Kier molecular flexibility index (Phi) is 4.49. The molecule has 0 aliphatic carbocycles. The van der Waals surface area contributed by atoms with Crippen molar-refractivity contribution in [2.45, 2.75) is 19.4 Å². The lowest BCUT2D eigenvalue weighted by Crippen LogP contribution is -2.31. The molecule has 0 radical (unpaired) electrons. The molecule has 1 heterocycles. The summed E-state index contributed by atoms with van der Waals surface area (Å²) in [5.74, 6) is 0.338. The number of rotatable bonds is 2. The van der Waals surface area contributed by atoms with Crippen LogP contribution in [0.25, 0.3) is 0 Å². The Bertz CT molecular complexity index is 411. The molecule has 4 heteroatoms. The van der Waals surface area contributed by atoms with Gasteiger partial charge in [-0.1, -0.05) is 11.6 Å². The Hall–Kier alpha value is -0.770. The summed E-state index contributed by atoms with van der Waals surface area (Å²) >= 11 is 6.02. The SMILES string of the molecule is CC(c1cc(Cl)ccc1O)N1CCCN(C)CC1. The van der Waals surface area contributed by atoms with Gasteiger partial charge in [-0.15, -0.1) is 0 Å². The van der Waals surface area contributed by atoms with Crippen molar-refractivity contribution in [3.63, 3.8) is 0 Å². The molecular formula is C14H21ClN2O. The minimum atomic E-state index is 0.204. The van der Waals surface area contributed by atoms with Gasteiger partial charge in [0.05, 0.1) is 0 Å². The van der Waals surface area contributed by atoms with Crippen molar-refractivity contribution in [2.75, 3.05) is 33.2 Å². The maximum atomic E-state index is 9.96. The highest BCUT2D eigenvalue weighted by Gasteiger charge is 2.21. The highest BCUT2D eigenvalue weighted by molar-refractivity contribution is 6.30. The maximum Gasteiger partial charge on any atom is 0.120 e. The number of hydrogen-bond donors (Lipinski definition) is 1. The summed E-state index contributed by atoms with van der Waals surface area (Å²) in [6, 6.07) is 5.48. The molecule has 0 bridgehead atoms. The van der Waals surface area contributed by atoms with Crippen LogP contribution in [0, 0.1) is 0 Å². The molecule has 100 valence electrons. The smallest absolute Gasteiger partial charge is 0.120 e. The quantitative estimate of drug-likeness (QED) is 0.894. The Morgan fingerprint density at radius 3 is 2.78 bits per heavy atom. The number of hydrogen-bond acceptors (Lipinski definition) is 3. The van der Waals surface area contributed by atoms with Gasteiger partial charge in [0, 0.05) is 36.3 Å². The summed E-state index contributed by atoms with van der Waals surface area (Å²) in [6.45, 7) is 6.45. The van der Waals surface area contributed by atoms with Gasteiger partial charge in [0.25, 0.3) is 0 Å². The van der Waals surface area contributed by atoms with E-state index in [-0.39, 0.29) is 6.04 Å². The second-order valence-electron chi connectivity index (χ2n) is 5.07. The fourth-order valence-corrected chi connectivity index (χ4v) is 2.69. The Labute approximate surface area is 114 Å². The first kappa shape index (κ1) is 13.7. The van der Waals surface area contributed by atoms with Gasteiger partial charge in [0.15, 0.2) is 0 Å². The van der Waals surface area contributed by atoms with Crippen LogP contribution in [0.15, 0.2) is 18.2 Å². The van der Waals surface area contributed by atoms with Crippen LogP contribution in [0.1, 0.15) is 24.9 Å². The second-order valence-corrected chi connectivity index (χ2v) is 5.51. The summed E-state index contributed by atoms with van der Waals surface area (Å²) in [5.41, 5.74) is 0.923. The molecule has 1 unspecified atom stereocenters. The zero-order valence-corrected chi connectivity index (χ0v) is 11.8. The Morgan fingerprint density at radius 2 is 2.00 bits per heavy atom. The summed E-state index contributed by atoms with van der Waals surface area (Å²) in [4.78, 5) is 4.76. The van der Waals surface area contributed by atoms with E-state index >= 15 is 0 Å². The summed E-state index contributed by atoms with van der Waals surface area (Å²) in [7, 11) is 2.16. The van der Waals surface area contributed by atoms with Crippen LogP contribution in [0.3, 0.4) is 0 Å². The fraction of sp³-hybridized carbons (Fsp3) is 0.571. The first-order valence-corrected chi connectivity index (χ1v) is 6.86. The average Bonchev–Trinajstić information content (AvgIpc) is 2.56. The van der Waals surface area contributed by atoms with Crippen molar-refractivity contribution in [3.8, 4) is 5.75 Å².